The molecule has 30 heavy (non-hydrogen) atoms. The molecular weight excluding hydrogens is 420 g/mol. The van der Waals surface area contributed by atoms with Gasteiger partial charge in [-0.25, -0.2) is 0 Å². The topological polar surface area (TPSA) is 92.3 Å². The maximum atomic E-state index is 13.1. The summed E-state index contributed by atoms with van der Waals surface area (Å²) in [5.74, 6) is -0.182. The highest BCUT2D eigenvalue weighted by atomic mass is 32.2. The lowest BCUT2D eigenvalue weighted by Gasteiger charge is -2.24. The summed E-state index contributed by atoms with van der Waals surface area (Å²) in [7, 11) is 0. The Morgan fingerprint density at radius 3 is 2.47 bits per heavy atom. The molecule has 1 saturated carbocycles. The Kier molecular flexibility index (Phi) is 6.48. The summed E-state index contributed by atoms with van der Waals surface area (Å²) >= 11 is 2.96. The minimum absolute atomic E-state index is 0.347. The molecule has 4 rings (SSSR count). The summed E-state index contributed by atoms with van der Waals surface area (Å²) in [4.78, 5) is 39.9. The van der Waals surface area contributed by atoms with Gasteiger partial charge in [-0.2, -0.15) is 11.8 Å². The highest BCUT2D eigenvalue weighted by Crippen LogP contribution is 2.35. The summed E-state index contributed by atoms with van der Waals surface area (Å²) in [6.45, 7) is 0. The third-order valence-corrected chi connectivity index (χ3v) is 7.31. The molecule has 1 aromatic carbocycles. The maximum absolute atomic E-state index is 13.1. The number of nitrogens with one attached hydrogen (secondary N) is 1. The minimum atomic E-state index is -0.883. The van der Waals surface area contributed by atoms with E-state index < -0.39 is 23.8 Å². The van der Waals surface area contributed by atoms with Crippen molar-refractivity contribution >= 4 is 46.0 Å². The third-order valence-electron chi connectivity index (χ3n) is 5.66. The molecule has 7 nitrogen and oxygen atoms in total. The fourth-order valence-electron chi connectivity index (χ4n) is 4.09. The highest BCUT2D eigenvalue weighted by Gasteiger charge is 2.42. The molecule has 2 heterocycles. The number of imide groups is 1. The van der Waals surface area contributed by atoms with Crippen LogP contribution in [0.15, 0.2) is 24.3 Å². The Morgan fingerprint density at radius 2 is 1.83 bits per heavy atom. The third kappa shape index (κ3) is 4.13. The number of carbonyl (C=O) groups is 3. The summed E-state index contributed by atoms with van der Waals surface area (Å²) < 4.78 is 0. The minimum Gasteiger partial charge on any atom is -0.299 e. The zero-order valence-electron chi connectivity index (χ0n) is 16.8. The van der Waals surface area contributed by atoms with E-state index in [0.29, 0.717) is 34.4 Å². The lowest BCUT2D eigenvalue weighted by Crippen LogP contribution is -2.47. The van der Waals surface area contributed by atoms with Gasteiger partial charge in [0.15, 0.2) is 0 Å². The molecule has 2 aliphatic rings. The molecule has 0 bridgehead atoms. The molecule has 0 radical (unpaired) electrons. The quantitative estimate of drug-likeness (QED) is 0.650. The van der Waals surface area contributed by atoms with Crippen LogP contribution in [0, 0.1) is 0 Å². The highest BCUT2D eigenvalue weighted by molar-refractivity contribution is 7.98. The van der Waals surface area contributed by atoms with Crippen molar-refractivity contribution in [1.29, 1.82) is 0 Å². The van der Waals surface area contributed by atoms with Crippen molar-refractivity contribution in [1.82, 2.24) is 15.1 Å². The second kappa shape index (κ2) is 9.26. The smallest absolute Gasteiger partial charge is 0.262 e. The van der Waals surface area contributed by atoms with E-state index in [0.717, 1.165) is 22.7 Å². The van der Waals surface area contributed by atoms with E-state index in [-0.39, 0.29) is 0 Å². The number of fused-ring (bicyclic) bond motifs is 1. The largest absolute Gasteiger partial charge is 0.299 e. The van der Waals surface area contributed by atoms with Gasteiger partial charge in [0.25, 0.3) is 11.8 Å². The summed E-state index contributed by atoms with van der Waals surface area (Å²) in [5.41, 5.74) is 0.694. The molecule has 3 amide bonds. The molecule has 2 aromatic rings. The van der Waals surface area contributed by atoms with E-state index in [9.17, 15) is 14.4 Å². The molecule has 1 aliphatic carbocycles. The van der Waals surface area contributed by atoms with Crippen LogP contribution in [0.25, 0.3) is 0 Å². The summed E-state index contributed by atoms with van der Waals surface area (Å²) in [6.07, 6.45) is 8.18. The van der Waals surface area contributed by atoms with E-state index in [1.807, 2.05) is 6.26 Å². The number of thioether (sulfide) groups is 1. The number of benzene rings is 1. The van der Waals surface area contributed by atoms with Gasteiger partial charge in [0.2, 0.25) is 11.0 Å². The number of aromatic nitrogens is 2. The second-order valence-electron chi connectivity index (χ2n) is 7.59. The summed E-state index contributed by atoms with van der Waals surface area (Å²) in [5, 5.41) is 12.6. The SMILES string of the molecule is CSCCC(C(=O)Nc1nnc(C2CCCCC2)s1)N1C(=O)c2ccccc2C1=O. The van der Waals surface area contributed by atoms with Gasteiger partial charge < -0.3 is 0 Å². The molecule has 1 fully saturated rings. The number of nitrogens with zero attached hydrogens (tertiary/aromatic N) is 3. The average Bonchev–Trinajstić information content (AvgIpc) is 3.33. The molecule has 1 N–H and O–H groups in total. The Hall–Kier alpha value is -2.26. The van der Waals surface area contributed by atoms with Crippen LogP contribution in [-0.4, -0.2) is 50.9 Å². The van der Waals surface area contributed by atoms with E-state index in [4.69, 9.17) is 0 Å². The van der Waals surface area contributed by atoms with Crippen molar-refractivity contribution < 1.29 is 14.4 Å². The van der Waals surface area contributed by atoms with Crippen LogP contribution < -0.4 is 5.32 Å². The number of carbonyl (C=O) groups excluding carboxylic acids is 3. The molecule has 0 saturated heterocycles. The monoisotopic (exact) mass is 444 g/mol. The van der Waals surface area contributed by atoms with Gasteiger partial charge in [0.1, 0.15) is 11.0 Å². The van der Waals surface area contributed by atoms with Gasteiger partial charge in [-0.15, -0.1) is 10.2 Å². The molecule has 9 heteroatoms. The van der Waals surface area contributed by atoms with E-state index in [1.54, 1.807) is 36.0 Å². The first-order valence-corrected chi connectivity index (χ1v) is 12.4. The van der Waals surface area contributed by atoms with Gasteiger partial charge in [0, 0.05) is 5.92 Å². The lowest BCUT2D eigenvalue weighted by atomic mass is 9.90. The molecule has 1 aliphatic heterocycles. The first-order valence-electron chi connectivity index (χ1n) is 10.2. The number of amides is 3. The van der Waals surface area contributed by atoms with Gasteiger partial charge in [-0.05, 0) is 43.4 Å². The number of hydrogen-bond acceptors (Lipinski definition) is 7. The fourth-order valence-corrected chi connectivity index (χ4v) is 5.46. The molecule has 1 atom stereocenters. The first-order chi connectivity index (χ1) is 14.6. The van der Waals surface area contributed by atoms with Crippen molar-refractivity contribution in [3.05, 3.63) is 40.4 Å². The van der Waals surface area contributed by atoms with Crippen LogP contribution in [-0.2, 0) is 4.79 Å². The number of rotatable bonds is 7. The number of anilines is 1. The van der Waals surface area contributed by atoms with Crippen molar-refractivity contribution in [3.63, 3.8) is 0 Å². The van der Waals surface area contributed by atoms with Crippen LogP contribution in [0.2, 0.25) is 0 Å². The molecular formula is C21H24N4O3S2. The van der Waals surface area contributed by atoms with Crippen molar-refractivity contribution in [3.8, 4) is 0 Å². The maximum Gasteiger partial charge on any atom is 0.262 e. The Labute approximate surface area is 183 Å². The second-order valence-corrected chi connectivity index (χ2v) is 9.59. The summed E-state index contributed by atoms with van der Waals surface area (Å²) in [6, 6.07) is 5.81. The zero-order valence-corrected chi connectivity index (χ0v) is 18.4. The van der Waals surface area contributed by atoms with E-state index in [1.165, 1.54) is 30.6 Å². The average molecular weight is 445 g/mol. The van der Waals surface area contributed by atoms with E-state index in [2.05, 4.69) is 15.5 Å². The molecule has 0 spiro atoms. The van der Waals surface area contributed by atoms with Crippen molar-refractivity contribution in [2.45, 2.75) is 50.5 Å². The van der Waals surface area contributed by atoms with Crippen LogP contribution in [0.3, 0.4) is 0 Å². The lowest BCUT2D eigenvalue weighted by molar-refractivity contribution is -0.120. The van der Waals surface area contributed by atoms with Crippen LogP contribution in [0.5, 0.6) is 0 Å². The van der Waals surface area contributed by atoms with Crippen molar-refractivity contribution in [2.24, 2.45) is 0 Å². The predicted molar refractivity (Wildman–Crippen MR) is 118 cm³/mol. The molecule has 158 valence electrons. The predicted octanol–water partition coefficient (Wildman–Crippen LogP) is 3.94. The van der Waals surface area contributed by atoms with Crippen LogP contribution in [0.4, 0.5) is 5.13 Å². The Morgan fingerprint density at radius 1 is 1.17 bits per heavy atom. The molecule has 1 aromatic heterocycles. The Balaban J connectivity index is 1.51. The van der Waals surface area contributed by atoms with Gasteiger partial charge in [0.05, 0.1) is 11.1 Å². The molecule has 1 unspecified atom stereocenters. The zero-order chi connectivity index (χ0) is 21.1. The van der Waals surface area contributed by atoms with Crippen LogP contribution in [0.1, 0.15) is 70.2 Å². The standard InChI is InChI=1S/C21H24N4O3S2/c1-29-12-11-16(25-19(27)14-9-5-6-10-15(14)20(25)28)17(26)22-21-24-23-18(30-21)13-7-3-2-4-8-13/h5-6,9-10,13,16H,2-4,7-8,11-12H2,1H3,(H,22,24,26). The normalized spacial score (nSPS) is 17.8. The van der Waals surface area contributed by atoms with E-state index >= 15 is 0 Å². The first kappa shape index (κ1) is 21.0. The van der Waals surface area contributed by atoms with Gasteiger partial charge >= 0.3 is 0 Å². The van der Waals surface area contributed by atoms with Gasteiger partial charge in [-0.1, -0.05) is 42.7 Å². The van der Waals surface area contributed by atoms with Gasteiger partial charge in [-0.3, -0.25) is 24.6 Å². The van der Waals surface area contributed by atoms with Crippen molar-refractivity contribution in [2.75, 3.05) is 17.3 Å². The number of hydrogen-bond donors (Lipinski definition) is 1. The fraction of sp³-hybridized carbons (Fsp3) is 0.476. The van der Waals surface area contributed by atoms with Crippen LogP contribution >= 0.6 is 23.1 Å². The Bertz CT molecular complexity index is 920.